The van der Waals surface area contributed by atoms with Crippen molar-refractivity contribution in [1.82, 2.24) is 9.47 Å². The molecule has 5 nitrogen and oxygen atoms in total. The highest BCUT2D eigenvalue weighted by atomic mass is 16.3. The summed E-state index contributed by atoms with van der Waals surface area (Å²) in [6.07, 6.45) is 4.76. The van der Waals surface area contributed by atoms with Gasteiger partial charge in [0.25, 0.3) is 0 Å². The van der Waals surface area contributed by atoms with E-state index in [9.17, 15) is 9.90 Å². The standard InChI is InChI=1S/C19H27N3O2/c1-3-19(14-23)8-11-22(12-9-19)18(24)20-16-6-5-15-7-10-21(4-2)17(15)13-16/h5-7,10,13,23H,3-4,8-9,11-12,14H2,1-2H3,(H,20,24). The maximum absolute atomic E-state index is 12.5. The lowest BCUT2D eigenvalue weighted by atomic mass is 9.77. The molecule has 2 aromatic rings. The second-order valence-corrected chi connectivity index (χ2v) is 6.80. The number of urea groups is 1. The van der Waals surface area contributed by atoms with E-state index in [2.05, 4.69) is 36.0 Å². The van der Waals surface area contributed by atoms with Crippen molar-refractivity contribution < 1.29 is 9.90 Å². The molecule has 1 aliphatic rings. The maximum Gasteiger partial charge on any atom is 0.321 e. The molecule has 1 fully saturated rings. The zero-order valence-electron chi connectivity index (χ0n) is 14.6. The Morgan fingerprint density at radius 2 is 2.00 bits per heavy atom. The minimum absolute atomic E-state index is 0.00233. The lowest BCUT2D eigenvalue weighted by Crippen LogP contribution is -2.46. The van der Waals surface area contributed by atoms with Gasteiger partial charge in [0.2, 0.25) is 0 Å². The number of anilines is 1. The van der Waals surface area contributed by atoms with E-state index in [0.717, 1.165) is 37.0 Å². The Labute approximate surface area is 143 Å². The van der Waals surface area contributed by atoms with Crippen molar-refractivity contribution in [3.63, 3.8) is 0 Å². The third-order valence-corrected chi connectivity index (χ3v) is 5.56. The van der Waals surface area contributed by atoms with Gasteiger partial charge in [0.15, 0.2) is 0 Å². The number of nitrogens with zero attached hydrogens (tertiary/aromatic N) is 2. The van der Waals surface area contributed by atoms with E-state index in [-0.39, 0.29) is 18.1 Å². The van der Waals surface area contributed by atoms with Gasteiger partial charge in [-0.25, -0.2) is 4.79 Å². The topological polar surface area (TPSA) is 57.5 Å². The molecular formula is C19H27N3O2. The van der Waals surface area contributed by atoms with E-state index in [1.807, 2.05) is 23.1 Å². The molecule has 5 heteroatoms. The van der Waals surface area contributed by atoms with Gasteiger partial charge in [0.05, 0.1) is 5.52 Å². The van der Waals surface area contributed by atoms with Crippen LogP contribution >= 0.6 is 0 Å². The molecular weight excluding hydrogens is 302 g/mol. The minimum atomic E-state index is -0.0494. The molecule has 2 amide bonds. The highest BCUT2D eigenvalue weighted by Crippen LogP contribution is 2.34. The monoisotopic (exact) mass is 329 g/mol. The van der Waals surface area contributed by atoms with Crippen LogP contribution in [0.3, 0.4) is 0 Å². The number of hydrogen-bond donors (Lipinski definition) is 2. The van der Waals surface area contributed by atoms with Crippen molar-refractivity contribution in [2.75, 3.05) is 25.0 Å². The zero-order valence-corrected chi connectivity index (χ0v) is 14.6. The summed E-state index contributed by atoms with van der Waals surface area (Å²) in [6.45, 7) is 6.75. The molecule has 2 N–H and O–H groups in total. The highest BCUT2D eigenvalue weighted by molar-refractivity contribution is 5.92. The molecule has 0 radical (unpaired) electrons. The average Bonchev–Trinajstić information content (AvgIpc) is 3.04. The van der Waals surface area contributed by atoms with Crippen LogP contribution < -0.4 is 5.32 Å². The van der Waals surface area contributed by atoms with Crippen molar-refractivity contribution >= 4 is 22.6 Å². The van der Waals surface area contributed by atoms with Crippen molar-refractivity contribution in [1.29, 1.82) is 0 Å². The molecule has 1 aromatic carbocycles. The summed E-state index contributed by atoms with van der Waals surface area (Å²) in [5, 5.41) is 13.8. The SMILES string of the molecule is CCn1ccc2ccc(NC(=O)N3CCC(CC)(CO)CC3)cc21. The van der Waals surface area contributed by atoms with Crippen LogP contribution in [-0.4, -0.2) is 40.3 Å². The van der Waals surface area contributed by atoms with E-state index in [1.54, 1.807) is 0 Å². The Kier molecular flexibility index (Phi) is 4.81. The summed E-state index contributed by atoms with van der Waals surface area (Å²) in [5.74, 6) is 0. The number of carbonyl (C=O) groups excluding carboxylic acids is 1. The van der Waals surface area contributed by atoms with Crippen LogP contribution in [0.2, 0.25) is 0 Å². The molecule has 3 rings (SSSR count). The number of aromatic nitrogens is 1. The number of hydrogen-bond acceptors (Lipinski definition) is 2. The summed E-state index contributed by atoms with van der Waals surface area (Å²) < 4.78 is 2.17. The predicted octanol–water partition coefficient (Wildman–Crippen LogP) is 3.68. The Morgan fingerprint density at radius 3 is 2.62 bits per heavy atom. The molecule has 0 bridgehead atoms. The third-order valence-electron chi connectivity index (χ3n) is 5.56. The summed E-state index contributed by atoms with van der Waals surface area (Å²) in [6, 6.07) is 8.07. The number of benzene rings is 1. The molecule has 0 atom stereocenters. The van der Waals surface area contributed by atoms with Crippen LogP contribution in [0.15, 0.2) is 30.5 Å². The summed E-state index contributed by atoms with van der Waals surface area (Å²) >= 11 is 0. The summed E-state index contributed by atoms with van der Waals surface area (Å²) in [5.41, 5.74) is 1.96. The Morgan fingerprint density at radius 1 is 1.25 bits per heavy atom. The van der Waals surface area contributed by atoms with E-state index >= 15 is 0 Å². The maximum atomic E-state index is 12.5. The fraction of sp³-hybridized carbons (Fsp3) is 0.526. The van der Waals surface area contributed by atoms with Crippen LogP contribution in [0.4, 0.5) is 10.5 Å². The van der Waals surface area contributed by atoms with Crippen LogP contribution in [0.25, 0.3) is 10.9 Å². The molecule has 1 saturated heterocycles. The molecule has 0 unspecified atom stereocenters. The largest absolute Gasteiger partial charge is 0.396 e. The van der Waals surface area contributed by atoms with Gasteiger partial charge in [-0.05, 0) is 55.2 Å². The number of fused-ring (bicyclic) bond motifs is 1. The second kappa shape index (κ2) is 6.85. The quantitative estimate of drug-likeness (QED) is 0.899. The van der Waals surface area contributed by atoms with Gasteiger partial charge in [-0.15, -0.1) is 0 Å². The Balaban J connectivity index is 1.67. The van der Waals surface area contributed by atoms with Crippen molar-refractivity contribution in [2.45, 2.75) is 39.7 Å². The smallest absolute Gasteiger partial charge is 0.321 e. The first kappa shape index (κ1) is 16.8. The normalized spacial score (nSPS) is 17.2. The van der Waals surface area contributed by atoms with Crippen LogP contribution in [0.1, 0.15) is 33.1 Å². The molecule has 1 aliphatic heterocycles. The first-order valence-corrected chi connectivity index (χ1v) is 8.86. The number of piperidine rings is 1. The fourth-order valence-electron chi connectivity index (χ4n) is 3.55. The molecule has 0 spiro atoms. The number of aliphatic hydroxyl groups excluding tert-OH is 1. The van der Waals surface area contributed by atoms with Gasteiger partial charge in [-0.2, -0.15) is 0 Å². The van der Waals surface area contributed by atoms with E-state index in [0.29, 0.717) is 13.1 Å². The van der Waals surface area contributed by atoms with Gasteiger partial charge >= 0.3 is 6.03 Å². The number of nitrogens with one attached hydrogen (secondary N) is 1. The number of likely N-dealkylation sites (tertiary alicyclic amines) is 1. The van der Waals surface area contributed by atoms with Crippen molar-refractivity contribution in [2.24, 2.45) is 5.41 Å². The number of aliphatic hydroxyl groups is 1. The first-order chi connectivity index (χ1) is 11.6. The fourth-order valence-corrected chi connectivity index (χ4v) is 3.55. The predicted molar refractivity (Wildman–Crippen MR) is 97.2 cm³/mol. The van der Waals surface area contributed by atoms with Gasteiger partial charge in [0, 0.05) is 38.1 Å². The summed E-state index contributed by atoms with van der Waals surface area (Å²) in [7, 11) is 0. The zero-order chi connectivity index (χ0) is 17.2. The number of amides is 2. The Bertz CT molecular complexity index is 708. The van der Waals surface area contributed by atoms with Crippen molar-refractivity contribution in [3.05, 3.63) is 30.5 Å². The molecule has 2 heterocycles. The van der Waals surface area contributed by atoms with Gasteiger partial charge in [0.1, 0.15) is 0 Å². The van der Waals surface area contributed by atoms with Crippen LogP contribution in [0, 0.1) is 5.41 Å². The van der Waals surface area contributed by atoms with E-state index < -0.39 is 0 Å². The molecule has 24 heavy (non-hydrogen) atoms. The second-order valence-electron chi connectivity index (χ2n) is 6.80. The first-order valence-electron chi connectivity index (χ1n) is 8.86. The van der Waals surface area contributed by atoms with Crippen molar-refractivity contribution in [3.8, 4) is 0 Å². The average molecular weight is 329 g/mol. The van der Waals surface area contributed by atoms with Crippen LogP contribution in [0.5, 0.6) is 0 Å². The van der Waals surface area contributed by atoms with Crippen LogP contribution in [-0.2, 0) is 6.54 Å². The lowest BCUT2D eigenvalue weighted by Gasteiger charge is -2.40. The highest BCUT2D eigenvalue weighted by Gasteiger charge is 2.33. The molecule has 1 aromatic heterocycles. The third kappa shape index (κ3) is 3.13. The summed E-state index contributed by atoms with van der Waals surface area (Å²) in [4.78, 5) is 14.4. The number of rotatable bonds is 4. The van der Waals surface area contributed by atoms with E-state index in [4.69, 9.17) is 0 Å². The molecule has 0 saturated carbocycles. The number of aryl methyl sites for hydroxylation is 1. The van der Waals surface area contributed by atoms with E-state index in [1.165, 1.54) is 5.39 Å². The minimum Gasteiger partial charge on any atom is -0.396 e. The molecule has 130 valence electrons. The van der Waals surface area contributed by atoms with Gasteiger partial charge < -0.3 is 19.9 Å². The van der Waals surface area contributed by atoms with Gasteiger partial charge in [-0.1, -0.05) is 13.0 Å². The number of carbonyl (C=O) groups is 1. The lowest BCUT2D eigenvalue weighted by molar-refractivity contribution is 0.0542. The van der Waals surface area contributed by atoms with Gasteiger partial charge in [-0.3, -0.25) is 0 Å². The molecule has 0 aliphatic carbocycles. The Hall–Kier alpha value is -2.01.